The summed E-state index contributed by atoms with van der Waals surface area (Å²) in [6.07, 6.45) is 1.58. The van der Waals surface area contributed by atoms with Crippen LogP contribution < -0.4 is 6.15 Å². The first-order valence-corrected chi connectivity index (χ1v) is 4.35. The standard InChI is InChI=1S/C10H18O3.ClH.H3N/c1-8(7-11)9(12)13-6-5-10(2,3)4;;/h7,11H,5-6H2,1-4H3;1H;1H3. The molecule has 0 aliphatic carbocycles. The van der Waals surface area contributed by atoms with Crippen LogP contribution in [0.5, 0.6) is 0 Å². The predicted molar refractivity (Wildman–Crippen MR) is 63.7 cm³/mol. The van der Waals surface area contributed by atoms with Gasteiger partial charge in [0.15, 0.2) is 0 Å². The lowest BCUT2D eigenvalue weighted by Gasteiger charge is -2.17. The second-order valence-electron chi connectivity index (χ2n) is 4.26. The van der Waals surface area contributed by atoms with Crippen molar-refractivity contribution < 1.29 is 14.6 Å². The van der Waals surface area contributed by atoms with E-state index in [1.54, 1.807) is 0 Å². The first-order chi connectivity index (χ1) is 5.87. The summed E-state index contributed by atoms with van der Waals surface area (Å²) in [6, 6.07) is 0. The highest BCUT2D eigenvalue weighted by atomic mass is 35.5. The summed E-state index contributed by atoms with van der Waals surface area (Å²) in [5, 5.41) is 8.50. The van der Waals surface area contributed by atoms with Crippen molar-refractivity contribution in [3.05, 3.63) is 11.8 Å². The van der Waals surface area contributed by atoms with Gasteiger partial charge in [-0.1, -0.05) is 20.8 Å². The fraction of sp³-hybridized carbons (Fsp3) is 0.700. The minimum absolute atomic E-state index is 0. The number of carbonyl (C=O) groups is 1. The lowest BCUT2D eigenvalue weighted by atomic mass is 9.93. The second-order valence-corrected chi connectivity index (χ2v) is 4.26. The molecule has 0 rings (SSSR count). The van der Waals surface area contributed by atoms with Crippen LogP contribution in [0.15, 0.2) is 11.8 Å². The highest BCUT2D eigenvalue weighted by Crippen LogP contribution is 2.18. The summed E-state index contributed by atoms with van der Waals surface area (Å²) < 4.78 is 4.90. The molecule has 0 unspecified atom stereocenters. The van der Waals surface area contributed by atoms with E-state index in [9.17, 15) is 4.79 Å². The zero-order chi connectivity index (χ0) is 10.5. The second kappa shape index (κ2) is 8.56. The van der Waals surface area contributed by atoms with Crippen molar-refractivity contribution in [1.82, 2.24) is 6.15 Å². The van der Waals surface area contributed by atoms with Crippen molar-refractivity contribution in [2.75, 3.05) is 6.61 Å². The number of aliphatic hydroxyl groups excluding tert-OH is 1. The molecule has 0 spiro atoms. The molecule has 0 aromatic rings. The van der Waals surface area contributed by atoms with Gasteiger partial charge in [-0.05, 0) is 18.8 Å². The molecule has 5 heteroatoms. The molecule has 0 saturated heterocycles. The zero-order valence-electron chi connectivity index (χ0n) is 9.87. The monoisotopic (exact) mass is 239 g/mol. The van der Waals surface area contributed by atoms with E-state index < -0.39 is 5.97 Å². The van der Waals surface area contributed by atoms with Crippen molar-refractivity contribution in [3.63, 3.8) is 0 Å². The summed E-state index contributed by atoms with van der Waals surface area (Å²) >= 11 is 0. The van der Waals surface area contributed by atoms with Gasteiger partial charge >= 0.3 is 5.97 Å². The Labute approximate surface area is 97.7 Å². The maximum absolute atomic E-state index is 11.0. The normalized spacial score (nSPS) is 11.1. The van der Waals surface area contributed by atoms with Crippen LogP contribution in [0.4, 0.5) is 0 Å². The van der Waals surface area contributed by atoms with Crippen LogP contribution >= 0.6 is 12.4 Å². The predicted octanol–water partition coefficient (Wildman–Crippen LogP) is 3.01. The number of hydrogen-bond donors (Lipinski definition) is 2. The SMILES string of the molecule is CC(=CO)C(=O)OCCC(C)(C)C.Cl.N. The maximum Gasteiger partial charge on any atom is 0.336 e. The van der Waals surface area contributed by atoms with Crippen LogP contribution in [0.3, 0.4) is 0 Å². The van der Waals surface area contributed by atoms with E-state index in [0.29, 0.717) is 6.61 Å². The number of carbonyl (C=O) groups excluding carboxylic acids is 1. The molecule has 4 N–H and O–H groups in total. The minimum Gasteiger partial charge on any atom is -0.515 e. The van der Waals surface area contributed by atoms with Crippen LogP contribution in [0.2, 0.25) is 0 Å². The van der Waals surface area contributed by atoms with E-state index in [4.69, 9.17) is 9.84 Å². The van der Waals surface area contributed by atoms with Crippen LogP contribution in [0.1, 0.15) is 34.1 Å². The summed E-state index contributed by atoms with van der Waals surface area (Å²) in [6.45, 7) is 8.15. The fourth-order valence-electron chi connectivity index (χ4n) is 0.616. The molecular formula is C10H22ClNO3. The summed E-state index contributed by atoms with van der Waals surface area (Å²) in [4.78, 5) is 11.0. The lowest BCUT2D eigenvalue weighted by Crippen LogP contribution is -2.13. The Bertz CT molecular complexity index is 209. The first-order valence-electron chi connectivity index (χ1n) is 4.35. The number of ether oxygens (including phenoxy) is 1. The summed E-state index contributed by atoms with van der Waals surface area (Å²) in [5.74, 6) is -0.452. The van der Waals surface area contributed by atoms with Crippen LogP contribution in [0, 0.1) is 5.41 Å². The average Bonchev–Trinajstić information content (AvgIpc) is 2.00. The third-order valence-electron chi connectivity index (χ3n) is 1.60. The van der Waals surface area contributed by atoms with E-state index >= 15 is 0 Å². The Morgan fingerprint density at radius 1 is 1.40 bits per heavy atom. The van der Waals surface area contributed by atoms with E-state index in [-0.39, 0.29) is 29.5 Å². The van der Waals surface area contributed by atoms with Crippen LogP contribution in [-0.2, 0) is 9.53 Å². The molecular weight excluding hydrogens is 218 g/mol. The molecule has 92 valence electrons. The molecule has 0 fully saturated rings. The lowest BCUT2D eigenvalue weighted by molar-refractivity contribution is -0.139. The molecule has 4 nitrogen and oxygen atoms in total. The van der Waals surface area contributed by atoms with Gasteiger partial charge in [-0.2, -0.15) is 0 Å². The third kappa shape index (κ3) is 11.2. The quantitative estimate of drug-likeness (QED) is 0.451. The van der Waals surface area contributed by atoms with Gasteiger partial charge < -0.3 is 16.0 Å². The molecule has 0 bridgehead atoms. The number of esters is 1. The Balaban J connectivity index is -0.000000720. The van der Waals surface area contributed by atoms with Crippen LogP contribution in [0.25, 0.3) is 0 Å². The fourth-order valence-corrected chi connectivity index (χ4v) is 0.616. The van der Waals surface area contributed by atoms with Gasteiger partial charge in [0.1, 0.15) is 0 Å². The van der Waals surface area contributed by atoms with Crippen LogP contribution in [-0.4, -0.2) is 17.7 Å². The minimum atomic E-state index is -0.452. The Morgan fingerprint density at radius 3 is 2.20 bits per heavy atom. The van der Waals surface area contributed by atoms with Gasteiger partial charge in [0.2, 0.25) is 0 Å². The Kier molecular flexibility index (Phi) is 11.3. The Hall–Kier alpha value is -0.740. The van der Waals surface area contributed by atoms with Gasteiger partial charge in [-0.3, -0.25) is 0 Å². The molecule has 0 aromatic carbocycles. The van der Waals surface area contributed by atoms with Crippen molar-refractivity contribution in [1.29, 1.82) is 0 Å². The maximum atomic E-state index is 11.0. The topological polar surface area (TPSA) is 81.5 Å². The number of halogens is 1. The van der Waals surface area contributed by atoms with Gasteiger partial charge in [0, 0.05) is 0 Å². The molecule has 0 aliphatic heterocycles. The molecule has 0 heterocycles. The van der Waals surface area contributed by atoms with E-state index in [0.717, 1.165) is 12.7 Å². The summed E-state index contributed by atoms with van der Waals surface area (Å²) in [7, 11) is 0. The molecule has 0 saturated carbocycles. The number of hydrogen-bond acceptors (Lipinski definition) is 4. The number of aliphatic hydroxyl groups is 1. The number of rotatable bonds is 3. The van der Waals surface area contributed by atoms with Gasteiger partial charge in [-0.15, -0.1) is 12.4 Å². The van der Waals surface area contributed by atoms with Crippen molar-refractivity contribution in [3.8, 4) is 0 Å². The smallest absolute Gasteiger partial charge is 0.336 e. The molecule has 0 aromatic heterocycles. The van der Waals surface area contributed by atoms with Crippen molar-refractivity contribution in [2.24, 2.45) is 5.41 Å². The molecule has 0 atom stereocenters. The first kappa shape index (κ1) is 19.8. The molecule has 0 amide bonds. The third-order valence-corrected chi connectivity index (χ3v) is 1.60. The van der Waals surface area contributed by atoms with Crippen molar-refractivity contribution >= 4 is 18.4 Å². The molecule has 0 aliphatic rings. The average molecular weight is 240 g/mol. The highest BCUT2D eigenvalue weighted by Gasteiger charge is 2.12. The highest BCUT2D eigenvalue weighted by molar-refractivity contribution is 5.87. The summed E-state index contributed by atoms with van der Waals surface area (Å²) in [5.41, 5.74) is 0.394. The van der Waals surface area contributed by atoms with Crippen molar-refractivity contribution in [2.45, 2.75) is 34.1 Å². The largest absolute Gasteiger partial charge is 0.515 e. The Morgan fingerprint density at radius 2 is 1.87 bits per heavy atom. The zero-order valence-corrected chi connectivity index (χ0v) is 10.7. The van der Waals surface area contributed by atoms with Gasteiger partial charge in [0.25, 0.3) is 0 Å². The van der Waals surface area contributed by atoms with Gasteiger partial charge in [-0.25, -0.2) is 4.79 Å². The van der Waals surface area contributed by atoms with Gasteiger partial charge in [0.05, 0.1) is 18.4 Å². The molecule has 0 radical (unpaired) electrons. The van der Waals surface area contributed by atoms with E-state index in [1.165, 1.54) is 6.92 Å². The van der Waals surface area contributed by atoms with E-state index in [1.807, 2.05) is 0 Å². The van der Waals surface area contributed by atoms with E-state index in [2.05, 4.69) is 20.8 Å². The molecule has 15 heavy (non-hydrogen) atoms.